The molecule has 1 saturated heterocycles. The van der Waals surface area contributed by atoms with E-state index in [0.29, 0.717) is 25.6 Å². The maximum absolute atomic E-state index is 12.9. The third-order valence-corrected chi connectivity index (χ3v) is 4.92. The van der Waals surface area contributed by atoms with Crippen LogP contribution in [0.4, 0.5) is 18.9 Å². The average molecular weight is 333 g/mol. The van der Waals surface area contributed by atoms with Crippen LogP contribution in [0.1, 0.15) is 24.5 Å². The predicted molar refractivity (Wildman–Crippen MR) is 74.1 cm³/mol. The van der Waals surface area contributed by atoms with Crippen LogP contribution < -0.4 is 4.72 Å². The minimum atomic E-state index is -4.73. The fourth-order valence-corrected chi connectivity index (χ4v) is 3.62. The van der Waals surface area contributed by atoms with Crippen LogP contribution in [0.15, 0.2) is 18.2 Å². The molecule has 1 aromatic carbocycles. The van der Waals surface area contributed by atoms with Gasteiger partial charge in [0.15, 0.2) is 0 Å². The Morgan fingerprint density at radius 2 is 2.09 bits per heavy atom. The molecule has 0 aliphatic carbocycles. The van der Waals surface area contributed by atoms with E-state index in [9.17, 15) is 21.6 Å². The van der Waals surface area contributed by atoms with Gasteiger partial charge in [0.05, 0.1) is 22.9 Å². The second-order valence-electron chi connectivity index (χ2n) is 5.23. The van der Waals surface area contributed by atoms with Crippen LogP contribution in [-0.2, 0) is 16.4 Å². The van der Waals surface area contributed by atoms with Crippen molar-refractivity contribution in [2.75, 3.05) is 17.8 Å². The van der Waals surface area contributed by atoms with E-state index in [1.165, 1.54) is 10.4 Å². The normalized spacial score (nSPS) is 19.9. The summed E-state index contributed by atoms with van der Waals surface area (Å²) in [5, 5.41) is 8.71. The Bertz CT molecular complexity index is 710. The summed E-state index contributed by atoms with van der Waals surface area (Å²) in [6.45, 7) is 2.57. The van der Waals surface area contributed by atoms with Crippen molar-refractivity contribution in [1.82, 2.24) is 4.31 Å². The highest BCUT2D eigenvalue weighted by molar-refractivity contribution is 7.90. The highest BCUT2D eigenvalue weighted by Crippen LogP contribution is 2.34. The number of benzene rings is 1. The van der Waals surface area contributed by atoms with Gasteiger partial charge in [0.25, 0.3) is 0 Å². The van der Waals surface area contributed by atoms with Crippen molar-refractivity contribution in [3.05, 3.63) is 29.3 Å². The first kappa shape index (κ1) is 16.6. The molecule has 9 heteroatoms. The SMILES string of the molecule is CC1CCN(S(=O)(=O)Nc2ccc(C#N)c(C(F)(F)F)c2)C1. The van der Waals surface area contributed by atoms with Crippen molar-refractivity contribution >= 4 is 15.9 Å². The van der Waals surface area contributed by atoms with Gasteiger partial charge in [0.2, 0.25) is 0 Å². The van der Waals surface area contributed by atoms with Gasteiger partial charge in [0.1, 0.15) is 0 Å². The predicted octanol–water partition coefficient (Wildman–Crippen LogP) is 2.58. The molecule has 0 aromatic heterocycles. The average Bonchev–Trinajstić information content (AvgIpc) is 2.85. The van der Waals surface area contributed by atoms with Gasteiger partial charge in [-0.3, -0.25) is 4.72 Å². The van der Waals surface area contributed by atoms with Gasteiger partial charge in [-0.25, -0.2) is 0 Å². The first-order valence-electron chi connectivity index (χ1n) is 6.52. The highest BCUT2D eigenvalue weighted by Gasteiger charge is 2.35. The lowest BCUT2D eigenvalue weighted by Gasteiger charge is -2.18. The molecule has 120 valence electrons. The van der Waals surface area contributed by atoms with Gasteiger partial charge in [-0.05, 0) is 30.5 Å². The first-order valence-corrected chi connectivity index (χ1v) is 7.96. The molecule has 1 heterocycles. The molecule has 0 saturated carbocycles. The van der Waals surface area contributed by atoms with E-state index in [-0.39, 0.29) is 11.6 Å². The van der Waals surface area contributed by atoms with Crippen LogP contribution in [0.2, 0.25) is 0 Å². The van der Waals surface area contributed by atoms with E-state index in [1.807, 2.05) is 6.92 Å². The molecular weight excluding hydrogens is 319 g/mol. The summed E-state index contributed by atoms with van der Waals surface area (Å²) in [6.07, 6.45) is -4.02. The molecule has 1 aromatic rings. The number of alkyl halides is 3. The van der Waals surface area contributed by atoms with Crippen molar-refractivity contribution in [3.8, 4) is 6.07 Å². The van der Waals surface area contributed by atoms with Gasteiger partial charge in [0, 0.05) is 13.1 Å². The molecular formula is C13H14F3N3O2S. The topological polar surface area (TPSA) is 73.2 Å². The number of hydrogen-bond donors (Lipinski definition) is 1. The Morgan fingerprint density at radius 3 is 2.59 bits per heavy atom. The van der Waals surface area contributed by atoms with Gasteiger partial charge >= 0.3 is 16.4 Å². The molecule has 1 unspecified atom stereocenters. The molecule has 0 radical (unpaired) electrons. The molecule has 2 rings (SSSR count). The van der Waals surface area contributed by atoms with Crippen LogP contribution in [0.5, 0.6) is 0 Å². The number of nitrogens with zero attached hydrogens (tertiary/aromatic N) is 2. The fourth-order valence-electron chi connectivity index (χ4n) is 2.27. The van der Waals surface area contributed by atoms with Gasteiger partial charge in [-0.1, -0.05) is 6.92 Å². The number of rotatable bonds is 3. The van der Waals surface area contributed by atoms with E-state index < -0.39 is 27.5 Å². The zero-order valence-electron chi connectivity index (χ0n) is 11.7. The Hall–Kier alpha value is -1.79. The van der Waals surface area contributed by atoms with Crippen LogP contribution in [0, 0.1) is 17.2 Å². The zero-order chi connectivity index (χ0) is 16.5. The van der Waals surface area contributed by atoms with Crippen molar-refractivity contribution in [2.45, 2.75) is 19.5 Å². The third-order valence-electron chi connectivity index (χ3n) is 3.42. The van der Waals surface area contributed by atoms with Crippen molar-refractivity contribution < 1.29 is 21.6 Å². The lowest BCUT2D eigenvalue weighted by molar-refractivity contribution is -0.137. The van der Waals surface area contributed by atoms with Gasteiger partial charge in [-0.15, -0.1) is 0 Å². The molecule has 5 nitrogen and oxygen atoms in total. The summed E-state index contributed by atoms with van der Waals surface area (Å²) in [7, 11) is -3.89. The molecule has 1 fully saturated rings. The monoisotopic (exact) mass is 333 g/mol. The van der Waals surface area contributed by atoms with Crippen LogP contribution in [-0.4, -0.2) is 25.8 Å². The van der Waals surface area contributed by atoms with Crippen molar-refractivity contribution in [2.24, 2.45) is 5.92 Å². The minimum absolute atomic E-state index is 0.211. The Morgan fingerprint density at radius 1 is 1.41 bits per heavy atom. The summed E-state index contributed by atoms with van der Waals surface area (Å²) in [6, 6.07) is 4.18. The highest BCUT2D eigenvalue weighted by atomic mass is 32.2. The fraction of sp³-hybridized carbons (Fsp3) is 0.462. The summed E-state index contributed by atoms with van der Waals surface area (Å²) < 4.78 is 66.2. The van der Waals surface area contributed by atoms with E-state index in [2.05, 4.69) is 4.72 Å². The largest absolute Gasteiger partial charge is 0.417 e. The molecule has 0 amide bonds. The van der Waals surface area contributed by atoms with Gasteiger partial charge in [-0.2, -0.15) is 31.2 Å². The first-order chi connectivity index (χ1) is 10.1. The third kappa shape index (κ3) is 3.51. The number of nitrogens with one attached hydrogen (secondary N) is 1. The van der Waals surface area contributed by atoms with E-state index in [4.69, 9.17) is 5.26 Å². The molecule has 0 bridgehead atoms. The number of halogens is 3. The summed E-state index contributed by atoms with van der Waals surface area (Å²) in [5.41, 5.74) is -1.93. The second kappa shape index (κ2) is 5.78. The number of nitriles is 1. The van der Waals surface area contributed by atoms with Crippen LogP contribution in [0.25, 0.3) is 0 Å². The Labute approximate surface area is 126 Å². The second-order valence-corrected chi connectivity index (χ2v) is 6.90. The maximum atomic E-state index is 12.9. The smallest absolute Gasteiger partial charge is 0.271 e. The Kier molecular flexibility index (Phi) is 4.35. The minimum Gasteiger partial charge on any atom is -0.271 e. The molecule has 22 heavy (non-hydrogen) atoms. The quantitative estimate of drug-likeness (QED) is 0.924. The molecule has 0 spiro atoms. The molecule has 1 atom stereocenters. The number of anilines is 1. The van der Waals surface area contributed by atoms with Crippen LogP contribution in [0.3, 0.4) is 0 Å². The van der Waals surface area contributed by atoms with Crippen molar-refractivity contribution in [3.63, 3.8) is 0 Å². The lowest BCUT2D eigenvalue weighted by Crippen LogP contribution is -2.34. The van der Waals surface area contributed by atoms with Crippen LogP contribution >= 0.6 is 0 Å². The standard InChI is InChI=1S/C13H14F3N3O2S/c1-9-4-5-19(8-9)22(20,21)18-11-3-2-10(7-17)12(6-11)13(14,15)16/h2-3,6,9,18H,4-5,8H2,1H3. The lowest BCUT2D eigenvalue weighted by atomic mass is 10.1. The summed E-state index contributed by atoms with van der Waals surface area (Å²) >= 11 is 0. The Balaban J connectivity index is 2.29. The maximum Gasteiger partial charge on any atom is 0.417 e. The molecule has 1 aliphatic rings. The zero-order valence-corrected chi connectivity index (χ0v) is 12.5. The summed E-state index contributed by atoms with van der Waals surface area (Å²) in [4.78, 5) is 0. The van der Waals surface area contributed by atoms with E-state index in [0.717, 1.165) is 12.1 Å². The summed E-state index contributed by atoms with van der Waals surface area (Å²) in [5.74, 6) is 0.211. The number of hydrogen-bond acceptors (Lipinski definition) is 3. The van der Waals surface area contributed by atoms with Crippen molar-refractivity contribution in [1.29, 1.82) is 5.26 Å². The van der Waals surface area contributed by atoms with Gasteiger partial charge < -0.3 is 0 Å². The molecule has 1 N–H and O–H groups in total. The van der Waals surface area contributed by atoms with E-state index in [1.54, 1.807) is 0 Å². The molecule has 1 aliphatic heterocycles. The van der Waals surface area contributed by atoms with E-state index >= 15 is 0 Å².